The van der Waals surface area contributed by atoms with E-state index in [2.05, 4.69) is 33.7 Å². The van der Waals surface area contributed by atoms with Gasteiger partial charge in [0.15, 0.2) is 0 Å². The normalized spacial score (nSPS) is 15.9. The van der Waals surface area contributed by atoms with Gasteiger partial charge in [-0.3, -0.25) is 9.89 Å². The van der Waals surface area contributed by atoms with Crippen LogP contribution < -0.4 is 5.32 Å². The molecule has 1 saturated heterocycles. The third kappa shape index (κ3) is 5.67. The molecule has 29 heavy (non-hydrogen) atoms. The average molecular weight is 399 g/mol. The van der Waals surface area contributed by atoms with Crippen molar-refractivity contribution < 1.29 is 9.53 Å². The number of H-pyrrole nitrogens is 1. The Morgan fingerprint density at radius 1 is 1.17 bits per heavy atom. The molecule has 0 radical (unpaired) electrons. The van der Waals surface area contributed by atoms with E-state index in [4.69, 9.17) is 4.74 Å². The Morgan fingerprint density at radius 3 is 2.66 bits per heavy atom. The van der Waals surface area contributed by atoms with E-state index in [9.17, 15) is 4.79 Å². The lowest BCUT2D eigenvalue weighted by Gasteiger charge is -2.38. The Balaban J connectivity index is 1.40. The first-order chi connectivity index (χ1) is 14.1. The summed E-state index contributed by atoms with van der Waals surface area (Å²) in [4.78, 5) is 14.9. The number of amides is 1. The molecule has 1 aliphatic rings. The molecule has 6 heteroatoms. The monoisotopic (exact) mass is 398 g/mol. The first kappa shape index (κ1) is 21.5. The fourth-order valence-electron chi connectivity index (χ4n) is 4.20. The van der Waals surface area contributed by atoms with Gasteiger partial charge in [-0.25, -0.2) is 0 Å². The highest BCUT2D eigenvalue weighted by Crippen LogP contribution is 2.31. The Kier molecular flexibility index (Phi) is 7.83. The van der Waals surface area contributed by atoms with Gasteiger partial charge in [-0.15, -0.1) is 0 Å². The van der Waals surface area contributed by atoms with Crippen LogP contribution >= 0.6 is 0 Å². The Bertz CT molecular complexity index is 748. The maximum atomic E-state index is 13.0. The topological polar surface area (TPSA) is 70.2 Å². The number of ether oxygens (including phenoxy) is 1. The van der Waals surface area contributed by atoms with E-state index in [0.717, 1.165) is 69.4 Å². The van der Waals surface area contributed by atoms with Crippen molar-refractivity contribution in [3.8, 4) is 11.3 Å². The summed E-state index contributed by atoms with van der Waals surface area (Å²) < 4.78 is 5.40. The predicted molar refractivity (Wildman–Crippen MR) is 116 cm³/mol. The Morgan fingerprint density at radius 2 is 1.93 bits per heavy atom. The van der Waals surface area contributed by atoms with Gasteiger partial charge < -0.3 is 15.0 Å². The fraction of sp³-hybridized carbons (Fsp3) is 0.565. The molecule has 1 aromatic heterocycles. The van der Waals surface area contributed by atoms with Crippen molar-refractivity contribution in [3.05, 3.63) is 42.1 Å². The first-order valence-corrected chi connectivity index (χ1v) is 10.7. The molecule has 2 aromatic rings. The molecule has 2 N–H and O–H groups in total. The maximum absolute atomic E-state index is 13.0. The minimum atomic E-state index is -0.349. The van der Waals surface area contributed by atoms with Gasteiger partial charge in [0.25, 0.3) is 0 Å². The van der Waals surface area contributed by atoms with Gasteiger partial charge in [0.1, 0.15) is 0 Å². The van der Waals surface area contributed by atoms with Gasteiger partial charge in [0, 0.05) is 32.0 Å². The summed E-state index contributed by atoms with van der Waals surface area (Å²) >= 11 is 0. The zero-order valence-electron chi connectivity index (χ0n) is 17.7. The number of benzene rings is 1. The van der Waals surface area contributed by atoms with E-state index in [1.807, 2.05) is 30.1 Å². The molecule has 158 valence electrons. The number of nitrogens with one attached hydrogen (secondary N) is 2. The van der Waals surface area contributed by atoms with Crippen molar-refractivity contribution in [2.45, 2.75) is 38.5 Å². The molecule has 0 saturated carbocycles. The average Bonchev–Trinajstić information content (AvgIpc) is 3.23. The lowest BCUT2D eigenvalue weighted by molar-refractivity contribution is -0.146. The standard InChI is InChI=1S/C23H34N4O2/c1-27(22(28)23(18-29-2)12-14-24-15-13-23)16-8-4-7-11-20-17-21(26-25-20)19-9-5-3-6-10-19/h3,5-6,9-10,17,24H,4,7-8,11-16,18H2,1-2H3,(H,25,26). The second-order valence-electron chi connectivity index (χ2n) is 8.15. The van der Waals surface area contributed by atoms with Crippen LogP contribution in [0.1, 0.15) is 37.8 Å². The number of aromatic amines is 1. The molecule has 0 atom stereocenters. The molecule has 0 aliphatic carbocycles. The van der Waals surface area contributed by atoms with E-state index in [1.54, 1.807) is 7.11 Å². The second kappa shape index (κ2) is 10.6. The highest BCUT2D eigenvalue weighted by Gasteiger charge is 2.41. The van der Waals surface area contributed by atoms with Crippen LogP contribution in [0.3, 0.4) is 0 Å². The SMILES string of the molecule is COCC1(C(=O)N(C)CCCCCc2cc(-c3ccccc3)n[nH]2)CCNCC1. The van der Waals surface area contributed by atoms with Crippen LogP contribution in [0.2, 0.25) is 0 Å². The number of rotatable bonds is 10. The van der Waals surface area contributed by atoms with E-state index in [-0.39, 0.29) is 11.3 Å². The van der Waals surface area contributed by atoms with E-state index < -0.39 is 0 Å². The molecular formula is C23H34N4O2. The fourth-order valence-corrected chi connectivity index (χ4v) is 4.20. The van der Waals surface area contributed by atoms with Crippen molar-refractivity contribution in [2.24, 2.45) is 5.41 Å². The Labute approximate surface area is 174 Å². The van der Waals surface area contributed by atoms with Crippen LogP contribution in [0.5, 0.6) is 0 Å². The second-order valence-corrected chi connectivity index (χ2v) is 8.15. The lowest BCUT2D eigenvalue weighted by atomic mass is 9.78. The number of hydrogen-bond acceptors (Lipinski definition) is 4. The van der Waals surface area contributed by atoms with Crippen LogP contribution in [-0.2, 0) is 16.0 Å². The molecule has 0 unspecified atom stereocenters. The van der Waals surface area contributed by atoms with Gasteiger partial charge in [-0.05, 0) is 51.3 Å². The molecule has 1 fully saturated rings. The van der Waals surface area contributed by atoms with Gasteiger partial charge in [-0.1, -0.05) is 36.8 Å². The predicted octanol–water partition coefficient (Wildman–Crippen LogP) is 3.26. The van der Waals surface area contributed by atoms with Gasteiger partial charge in [0.2, 0.25) is 5.91 Å². The number of aryl methyl sites for hydroxylation is 1. The molecule has 2 heterocycles. The van der Waals surface area contributed by atoms with Crippen molar-refractivity contribution in [3.63, 3.8) is 0 Å². The molecule has 1 aromatic carbocycles. The third-order valence-electron chi connectivity index (χ3n) is 5.92. The number of nitrogens with zero attached hydrogens (tertiary/aromatic N) is 2. The lowest BCUT2D eigenvalue weighted by Crippen LogP contribution is -2.50. The smallest absolute Gasteiger partial charge is 0.230 e. The summed E-state index contributed by atoms with van der Waals surface area (Å²) in [6.07, 6.45) is 5.89. The van der Waals surface area contributed by atoms with E-state index in [0.29, 0.717) is 6.61 Å². The molecule has 3 rings (SSSR count). The summed E-state index contributed by atoms with van der Waals surface area (Å²) in [6.45, 7) is 3.09. The van der Waals surface area contributed by atoms with Crippen molar-refractivity contribution in [2.75, 3.05) is 40.4 Å². The number of aromatic nitrogens is 2. The number of methoxy groups -OCH3 is 1. The largest absolute Gasteiger partial charge is 0.384 e. The van der Waals surface area contributed by atoms with Gasteiger partial charge >= 0.3 is 0 Å². The summed E-state index contributed by atoms with van der Waals surface area (Å²) in [6, 6.07) is 12.4. The summed E-state index contributed by atoms with van der Waals surface area (Å²) in [5.74, 6) is 0.238. The van der Waals surface area contributed by atoms with Gasteiger partial charge in [-0.2, -0.15) is 5.10 Å². The summed E-state index contributed by atoms with van der Waals surface area (Å²) in [5.41, 5.74) is 2.95. The minimum absolute atomic E-state index is 0.238. The van der Waals surface area contributed by atoms with Crippen molar-refractivity contribution in [1.29, 1.82) is 0 Å². The van der Waals surface area contributed by atoms with Crippen LogP contribution in [0, 0.1) is 5.41 Å². The minimum Gasteiger partial charge on any atom is -0.384 e. The summed E-state index contributed by atoms with van der Waals surface area (Å²) in [5, 5.41) is 10.9. The van der Waals surface area contributed by atoms with Crippen LogP contribution in [0.15, 0.2) is 36.4 Å². The quantitative estimate of drug-likeness (QED) is 0.603. The third-order valence-corrected chi connectivity index (χ3v) is 5.92. The zero-order chi connectivity index (χ0) is 20.5. The molecule has 0 spiro atoms. The number of carbonyl (C=O) groups excluding carboxylic acids is 1. The van der Waals surface area contributed by atoms with Gasteiger partial charge in [0.05, 0.1) is 17.7 Å². The number of unbranched alkanes of at least 4 members (excludes halogenated alkanes) is 2. The first-order valence-electron chi connectivity index (χ1n) is 10.7. The number of carbonyl (C=O) groups is 1. The highest BCUT2D eigenvalue weighted by atomic mass is 16.5. The molecular weight excluding hydrogens is 364 g/mol. The zero-order valence-corrected chi connectivity index (χ0v) is 17.7. The molecule has 1 amide bonds. The van der Waals surface area contributed by atoms with Crippen molar-refractivity contribution in [1.82, 2.24) is 20.4 Å². The number of hydrogen-bond donors (Lipinski definition) is 2. The molecule has 6 nitrogen and oxygen atoms in total. The molecule has 0 bridgehead atoms. The van der Waals surface area contributed by atoms with Crippen LogP contribution in [0.25, 0.3) is 11.3 Å². The Hall–Kier alpha value is -2.18. The van der Waals surface area contributed by atoms with Crippen LogP contribution in [-0.4, -0.2) is 61.4 Å². The number of piperidine rings is 1. The maximum Gasteiger partial charge on any atom is 0.230 e. The van der Waals surface area contributed by atoms with E-state index >= 15 is 0 Å². The summed E-state index contributed by atoms with van der Waals surface area (Å²) in [7, 11) is 3.62. The van der Waals surface area contributed by atoms with Crippen LogP contribution in [0.4, 0.5) is 0 Å². The van der Waals surface area contributed by atoms with E-state index in [1.165, 1.54) is 5.69 Å². The molecule has 1 aliphatic heterocycles. The highest BCUT2D eigenvalue weighted by molar-refractivity contribution is 5.82. The van der Waals surface area contributed by atoms with Crippen molar-refractivity contribution >= 4 is 5.91 Å².